The van der Waals surface area contributed by atoms with Crippen LogP contribution in [0.3, 0.4) is 0 Å². The van der Waals surface area contributed by atoms with Crippen molar-refractivity contribution in [3.63, 3.8) is 0 Å². The molecule has 1 aromatic rings. The van der Waals surface area contributed by atoms with Gasteiger partial charge in [-0.05, 0) is 50.4 Å². The summed E-state index contributed by atoms with van der Waals surface area (Å²) in [6.45, 7) is 11.4. The van der Waals surface area contributed by atoms with Gasteiger partial charge in [0.2, 0.25) is 0 Å². The first-order valence-electron chi connectivity index (χ1n) is 7.07. The molecule has 1 rings (SSSR count). The van der Waals surface area contributed by atoms with Crippen LogP contribution in [0.5, 0.6) is 5.75 Å². The summed E-state index contributed by atoms with van der Waals surface area (Å²) in [6.07, 6.45) is 3.85. The maximum absolute atomic E-state index is 5.89. The van der Waals surface area contributed by atoms with Gasteiger partial charge < -0.3 is 10.1 Å². The molecule has 0 bridgehead atoms. The SMILES string of the molecule is CCCCCNCCOc1c(C)ccc(C)c1C. The Morgan fingerprint density at radius 1 is 1.00 bits per heavy atom. The minimum atomic E-state index is 0.747. The van der Waals surface area contributed by atoms with Gasteiger partial charge in [-0.25, -0.2) is 0 Å². The first-order chi connectivity index (χ1) is 8.66. The zero-order chi connectivity index (χ0) is 13.4. The van der Waals surface area contributed by atoms with Gasteiger partial charge in [0.25, 0.3) is 0 Å². The molecule has 2 nitrogen and oxygen atoms in total. The molecule has 0 heterocycles. The number of nitrogens with one attached hydrogen (secondary N) is 1. The number of hydrogen-bond acceptors (Lipinski definition) is 2. The van der Waals surface area contributed by atoms with Crippen LogP contribution in [0.4, 0.5) is 0 Å². The highest BCUT2D eigenvalue weighted by Crippen LogP contribution is 2.25. The van der Waals surface area contributed by atoms with E-state index in [1.807, 2.05) is 0 Å². The lowest BCUT2D eigenvalue weighted by Gasteiger charge is -2.14. The Kier molecular flexibility index (Phi) is 6.81. The fourth-order valence-corrected chi connectivity index (χ4v) is 2.00. The van der Waals surface area contributed by atoms with Gasteiger partial charge in [-0.1, -0.05) is 31.9 Å². The molecule has 18 heavy (non-hydrogen) atoms. The lowest BCUT2D eigenvalue weighted by Crippen LogP contribution is -2.22. The van der Waals surface area contributed by atoms with Crippen molar-refractivity contribution in [2.24, 2.45) is 0 Å². The van der Waals surface area contributed by atoms with Crippen molar-refractivity contribution >= 4 is 0 Å². The van der Waals surface area contributed by atoms with Gasteiger partial charge in [0.1, 0.15) is 12.4 Å². The van der Waals surface area contributed by atoms with E-state index in [1.165, 1.54) is 36.0 Å². The lowest BCUT2D eigenvalue weighted by atomic mass is 10.1. The molecule has 0 amide bonds. The molecule has 0 aliphatic rings. The minimum absolute atomic E-state index is 0.747. The Labute approximate surface area is 112 Å². The normalized spacial score (nSPS) is 10.7. The minimum Gasteiger partial charge on any atom is -0.492 e. The van der Waals surface area contributed by atoms with Crippen molar-refractivity contribution in [1.82, 2.24) is 5.32 Å². The van der Waals surface area contributed by atoms with Gasteiger partial charge in [-0.2, -0.15) is 0 Å². The maximum atomic E-state index is 5.89. The summed E-state index contributed by atoms with van der Waals surface area (Å²) in [5.74, 6) is 1.06. The molecule has 1 N–H and O–H groups in total. The molecule has 0 spiro atoms. The standard InChI is InChI=1S/C16H27NO/c1-5-6-7-10-17-11-12-18-16-14(3)9-8-13(2)15(16)4/h8-9,17H,5-7,10-12H2,1-4H3. The third-order valence-electron chi connectivity index (χ3n) is 3.36. The monoisotopic (exact) mass is 249 g/mol. The van der Waals surface area contributed by atoms with Crippen molar-refractivity contribution in [1.29, 1.82) is 0 Å². The van der Waals surface area contributed by atoms with Crippen LogP contribution in [-0.2, 0) is 0 Å². The van der Waals surface area contributed by atoms with E-state index < -0.39 is 0 Å². The smallest absolute Gasteiger partial charge is 0.125 e. The topological polar surface area (TPSA) is 21.3 Å². The highest BCUT2D eigenvalue weighted by atomic mass is 16.5. The van der Waals surface area contributed by atoms with Crippen LogP contribution in [0.15, 0.2) is 12.1 Å². The van der Waals surface area contributed by atoms with Crippen LogP contribution in [0.25, 0.3) is 0 Å². The summed E-state index contributed by atoms with van der Waals surface area (Å²) in [5, 5.41) is 3.42. The number of hydrogen-bond donors (Lipinski definition) is 1. The molecular weight excluding hydrogens is 222 g/mol. The first kappa shape index (κ1) is 15.0. The second kappa shape index (κ2) is 8.15. The predicted octanol–water partition coefficient (Wildman–Crippen LogP) is 3.77. The molecule has 0 saturated carbocycles. The Morgan fingerprint density at radius 3 is 2.44 bits per heavy atom. The van der Waals surface area contributed by atoms with E-state index in [1.54, 1.807) is 0 Å². The summed E-state index contributed by atoms with van der Waals surface area (Å²) in [7, 11) is 0. The maximum Gasteiger partial charge on any atom is 0.125 e. The summed E-state index contributed by atoms with van der Waals surface area (Å²) >= 11 is 0. The Morgan fingerprint density at radius 2 is 1.72 bits per heavy atom. The van der Waals surface area contributed by atoms with E-state index in [4.69, 9.17) is 4.74 Å². The van der Waals surface area contributed by atoms with Crippen molar-refractivity contribution in [2.75, 3.05) is 19.7 Å². The van der Waals surface area contributed by atoms with Gasteiger partial charge >= 0.3 is 0 Å². The third-order valence-corrected chi connectivity index (χ3v) is 3.36. The number of rotatable bonds is 8. The van der Waals surface area contributed by atoms with Gasteiger partial charge in [0.05, 0.1) is 0 Å². The van der Waals surface area contributed by atoms with E-state index in [-0.39, 0.29) is 0 Å². The second-order valence-electron chi connectivity index (χ2n) is 4.96. The molecule has 0 fully saturated rings. The van der Waals surface area contributed by atoms with Crippen LogP contribution in [0.1, 0.15) is 42.9 Å². The fourth-order valence-electron chi connectivity index (χ4n) is 2.00. The van der Waals surface area contributed by atoms with Crippen molar-refractivity contribution in [3.8, 4) is 5.75 Å². The Hall–Kier alpha value is -1.02. The molecule has 102 valence electrons. The Bertz CT molecular complexity index is 360. The highest BCUT2D eigenvalue weighted by Gasteiger charge is 2.05. The highest BCUT2D eigenvalue weighted by molar-refractivity contribution is 5.44. The van der Waals surface area contributed by atoms with Gasteiger partial charge in [0, 0.05) is 6.54 Å². The molecule has 0 aromatic heterocycles. The average Bonchev–Trinajstić information content (AvgIpc) is 2.36. The number of benzene rings is 1. The van der Waals surface area contributed by atoms with E-state index in [0.29, 0.717) is 0 Å². The first-order valence-corrected chi connectivity index (χ1v) is 7.07. The summed E-state index contributed by atoms with van der Waals surface area (Å²) in [4.78, 5) is 0. The molecule has 1 aromatic carbocycles. The summed E-state index contributed by atoms with van der Waals surface area (Å²) in [5.41, 5.74) is 3.79. The number of unbranched alkanes of at least 4 members (excludes halogenated alkanes) is 2. The van der Waals surface area contributed by atoms with Gasteiger partial charge in [0.15, 0.2) is 0 Å². The van der Waals surface area contributed by atoms with Crippen molar-refractivity contribution in [2.45, 2.75) is 47.0 Å². The van der Waals surface area contributed by atoms with Crippen LogP contribution < -0.4 is 10.1 Å². The molecule has 0 unspecified atom stereocenters. The van der Waals surface area contributed by atoms with E-state index in [0.717, 1.165) is 25.4 Å². The van der Waals surface area contributed by atoms with E-state index >= 15 is 0 Å². The quantitative estimate of drug-likeness (QED) is 0.708. The van der Waals surface area contributed by atoms with Crippen LogP contribution >= 0.6 is 0 Å². The van der Waals surface area contributed by atoms with Crippen molar-refractivity contribution < 1.29 is 4.74 Å². The van der Waals surface area contributed by atoms with E-state index in [9.17, 15) is 0 Å². The van der Waals surface area contributed by atoms with Crippen LogP contribution in [0.2, 0.25) is 0 Å². The fraction of sp³-hybridized carbons (Fsp3) is 0.625. The molecular formula is C16H27NO. The number of ether oxygens (including phenoxy) is 1. The third kappa shape index (κ3) is 4.69. The summed E-state index contributed by atoms with van der Waals surface area (Å²) in [6, 6.07) is 4.28. The molecule has 0 saturated heterocycles. The second-order valence-corrected chi connectivity index (χ2v) is 4.96. The molecule has 0 radical (unpaired) electrons. The number of aryl methyl sites for hydroxylation is 2. The predicted molar refractivity (Wildman–Crippen MR) is 78.5 cm³/mol. The zero-order valence-electron chi connectivity index (χ0n) is 12.3. The van der Waals surface area contributed by atoms with Gasteiger partial charge in [-0.15, -0.1) is 0 Å². The average molecular weight is 249 g/mol. The molecule has 2 heteroatoms. The largest absolute Gasteiger partial charge is 0.492 e. The molecule has 0 atom stereocenters. The van der Waals surface area contributed by atoms with E-state index in [2.05, 4.69) is 45.1 Å². The van der Waals surface area contributed by atoms with Crippen LogP contribution in [-0.4, -0.2) is 19.7 Å². The lowest BCUT2D eigenvalue weighted by molar-refractivity contribution is 0.309. The van der Waals surface area contributed by atoms with Gasteiger partial charge in [-0.3, -0.25) is 0 Å². The van der Waals surface area contributed by atoms with Crippen LogP contribution in [0, 0.1) is 20.8 Å². The zero-order valence-corrected chi connectivity index (χ0v) is 12.3. The Balaban J connectivity index is 2.29. The van der Waals surface area contributed by atoms with Crippen molar-refractivity contribution in [3.05, 3.63) is 28.8 Å². The molecule has 0 aliphatic heterocycles. The molecule has 0 aliphatic carbocycles. The summed E-state index contributed by atoms with van der Waals surface area (Å²) < 4.78 is 5.89.